The van der Waals surface area contributed by atoms with E-state index in [9.17, 15) is 0 Å². The molecular formula is C37H49N3. The minimum absolute atomic E-state index is 0.974. The number of unbranched alkanes of at least 4 members (excludes halogenated alkanes) is 1. The van der Waals surface area contributed by atoms with E-state index in [-0.39, 0.29) is 0 Å². The molecule has 0 spiro atoms. The fourth-order valence-corrected chi connectivity index (χ4v) is 3.39. The second kappa shape index (κ2) is 20.0. The van der Waals surface area contributed by atoms with Crippen LogP contribution in [0.1, 0.15) is 84.5 Å². The number of aliphatic imine (C=N–C) groups is 1. The van der Waals surface area contributed by atoms with Crippen LogP contribution in [0.4, 0.5) is 0 Å². The molecule has 0 unspecified atom stereocenters. The van der Waals surface area contributed by atoms with E-state index in [0.29, 0.717) is 0 Å². The number of allylic oxidation sites excluding steroid dienone is 3. The molecule has 0 fully saturated rings. The van der Waals surface area contributed by atoms with E-state index in [1.54, 1.807) is 6.33 Å². The standard InChI is InChI=1S/C15H19N.C13H12.C5H8N2.C4H10/c1-5-12(2)13(3)11-16-14(4)15-9-7-6-8-10-15;1-10(2)12-9-5-7-11-6-3-4-8-13(11)12;1-2-5-3-6-4-7-5;1-3-4-2/h6-11H,2,5H2,1,3-4H3;3-9H,1H2,2H3;3-4H,2H2,1H3,(H,6,7);3-4H2,1-2H3/b13-11-,16-14?;;;. The average Bonchev–Trinajstić information content (AvgIpc) is 3.54. The molecule has 3 nitrogen and oxygen atoms in total. The van der Waals surface area contributed by atoms with Crippen molar-refractivity contribution in [1.29, 1.82) is 0 Å². The van der Waals surface area contributed by atoms with Crippen molar-refractivity contribution < 1.29 is 0 Å². The van der Waals surface area contributed by atoms with E-state index in [2.05, 4.69) is 110 Å². The number of benzene rings is 3. The topological polar surface area (TPSA) is 41.0 Å². The highest BCUT2D eigenvalue weighted by Crippen LogP contribution is 2.23. The second-order valence-electron chi connectivity index (χ2n) is 9.59. The van der Waals surface area contributed by atoms with Crippen LogP contribution in [0.15, 0.2) is 121 Å². The maximum atomic E-state index is 4.46. The number of hydrogen-bond acceptors (Lipinski definition) is 2. The number of hydrogen-bond donors (Lipinski definition) is 1. The summed E-state index contributed by atoms with van der Waals surface area (Å²) in [6, 6.07) is 24.9. The molecule has 212 valence electrons. The summed E-state index contributed by atoms with van der Waals surface area (Å²) >= 11 is 0. The minimum atomic E-state index is 0.974. The number of nitrogens with zero attached hydrogens (tertiary/aromatic N) is 2. The van der Waals surface area contributed by atoms with Crippen LogP contribution < -0.4 is 0 Å². The van der Waals surface area contributed by atoms with Gasteiger partial charge < -0.3 is 4.98 Å². The van der Waals surface area contributed by atoms with E-state index in [1.807, 2.05) is 51.4 Å². The molecule has 0 saturated carbocycles. The lowest BCUT2D eigenvalue weighted by Gasteiger charge is -2.04. The molecule has 4 rings (SSSR count). The normalized spacial score (nSPS) is 10.8. The van der Waals surface area contributed by atoms with Gasteiger partial charge in [0.2, 0.25) is 0 Å². The Morgan fingerprint density at radius 1 is 0.825 bits per heavy atom. The number of rotatable bonds is 7. The molecule has 3 aromatic carbocycles. The summed E-state index contributed by atoms with van der Waals surface area (Å²) in [5, 5.41) is 2.57. The van der Waals surface area contributed by atoms with Crippen LogP contribution in [-0.4, -0.2) is 15.7 Å². The molecule has 40 heavy (non-hydrogen) atoms. The number of aryl methyl sites for hydroxylation is 1. The number of H-pyrrole nitrogens is 1. The number of fused-ring (bicyclic) bond motifs is 1. The van der Waals surface area contributed by atoms with Gasteiger partial charge in [0.15, 0.2) is 0 Å². The van der Waals surface area contributed by atoms with Gasteiger partial charge in [-0.3, -0.25) is 4.99 Å². The average molecular weight is 536 g/mol. The van der Waals surface area contributed by atoms with Gasteiger partial charge in [0, 0.05) is 23.8 Å². The minimum Gasteiger partial charge on any atom is -0.349 e. The first kappa shape index (κ1) is 34.0. The number of aromatic nitrogens is 2. The van der Waals surface area contributed by atoms with Crippen LogP contribution in [0, 0.1) is 0 Å². The monoisotopic (exact) mass is 535 g/mol. The molecule has 4 aromatic rings. The lowest BCUT2D eigenvalue weighted by atomic mass is 10.0. The lowest BCUT2D eigenvalue weighted by molar-refractivity contribution is 0.886. The summed E-state index contributed by atoms with van der Waals surface area (Å²) in [5.41, 5.74) is 8.05. The zero-order valence-corrected chi connectivity index (χ0v) is 25.8. The molecule has 3 heteroatoms. The predicted molar refractivity (Wildman–Crippen MR) is 179 cm³/mol. The zero-order chi connectivity index (χ0) is 29.8. The largest absolute Gasteiger partial charge is 0.349 e. The molecular weight excluding hydrogens is 486 g/mol. The number of nitrogens with one attached hydrogen (secondary N) is 1. The Labute approximate surface area is 243 Å². The molecule has 1 heterocycles. The van der Waals surface area contributed by atoms with Gasteiger partial charge in [-0.2, -0.15) is 0 Å². The van der Waals surface area contributed by atoms with Crippen molar-refractivity contribution >= 4 is 22.1 Å². The Hall–Kier alpha value is -3.98. The van der Waals surface area contributed by atoms with Crippen LogP contribution >= 0.6 is 0 Å². The van der Waals surface area contributed by atoms with Gasteiger partial charge in [0.25, 0.3) is 0 Å². The van der Waals surface area contributed by atoms with Crippen molar-refractivity contribution in [3.63, 3.8) is 0 Å². The highest BCUT2D eigenvalue weighted by Gasteiger charge is 1.99. The van der Waals surface area contributed by atoms with Crippen LogP contribution in [-0.2, 0) is 6.42 Å². The quantitative estimate of drug-likeness (QED) is 0.185. The predicted octanol–water partition coefficient (Wildman–Crippen LogP) is 11.0. The van der Waals surface area contributed by atoms with E-state index in [4.69, 9.17) is 0 Å². The molecule has 0 aliphatic heterocycles. The third kappa shape index (κ3) is 12.7. The Bertz CT molecular complexity index is 1320. The van der Waals surface area contributed by atoms with E-state index < -0.39 is 0 Å². The fourth-order valence-electron chi connectivity index (χ4n) is 3.39. The molecule has 0 aliphatic carbocycles. The SMILES string of the molecule is C=C(C)c1cccc2ccccc12.C=C(CC)/C(C)=C\N=C(C)c1ccccc1.CCCC.CCc1cnc[nH]1. The second-order valence-corrected chi connectivity index (χ2v) is 9.59. The third-order valence-corrected chi connectivity index (χ3v) is 6.31. The highest BCUT2D eigenvalue weighted by molar-refractivity contribution is 5.99. The highest BCUT2D eigenvalue weighted by atomic mass is 14.8. The first-order valence-corrected chi connectivity index (χ1v) is 14.3. The van der Waals surface area contributed by atoms with Crippen LogP contribution in [0.3, 0.4) is 0 Å². The van der Waals surface area contributed by atoms with Crippen molar-refractivity contribution in [3.8, 4) is 0 Å². The Morgan fingerprint density at radius 3 is 1.98 bits per heavy atom. The van der Waals surface area contributed by atoms with Crippen molar-refractivity contribution in [2.75, 3.05) is 0 Å². The van der Waals surface area contributed by atoms with Crippen LogP contribution in [0.25, 0.3) is 16.3 Å². The molecule has 0 saturated heterocycles. The first-order chi connectivity index (χ1) is 19.3. The Balaban J connectivity index is 0.000000296. The summed E-state index contributed by atoms with van der Waals surface area (Å²) in [5.74, 6) is 0. The summed E-state index contributed by atoms with van der Waals surface area (Å²) in [4.78, 5) is 11.3. The van der Waals surface area contributed by atoms with Crippen molar-refractivity contribution in [2.24, 2.45) is 4.99 Å². The Morgan fingerprint density at radius 2 is 1.45 bits per heavy atom. The summed E-state index contributed by atoms with van der Waals surface area (Å²) < 4.78 is 0. The van der Waals surface area contributed by atoms with E-state index in [0.717, 1.165) is 40.8 Å². The van der Waals surface area contributed by atoms with Gasteiger partial charge in [0.1, 0.15) is 0 Å². The lowest BCUT2D eigenvalue weighted by Crippen LogP contribution is -1.92. The van der Waals surface area contributed by atoms with Gasteiger partial charge in [-0.05, 0) is 61.1 Å². The van der Waals surface area contributed by atoms with Crippen molar-refractivity contribution in [3.05, 3.63) is 133 Å². The maximum absolute atomic E-state index is 4.46. The smallest absolute Gasteiger partial charge is 0.0921 e. The molecule has 1 N–H and O–H groups in total. The summed E-state index contributed by atoms with van der Waals surface area (Å²) in [7, 11) is 0. The maximum Gasteiger partial charge on any atom is 0.0921 e. The van der Waals surface area contributed by atoms with Gasteiger partial charge in [0.05, 0.1) is 6.33 Å². The third-order valence-electron chi connectivity index (χ3n) is 6.31. The molecule has 0 bridgehead atoms. The van der Waals surface area contributed by atoms with E-state index >= 15 is 0 Å². The zero-order valence-electron chi connectivity index (χ0n) is 25.8. The number of imidazole rings is 1. The molecule has 0 aliphatic rings. The number of aromatic amines is 1. The first-order valence-electron chi connectivity index (χ1n) is 14.3. The van der Waals surface area contributed by atoms with Gasteiger partial charge in [-0.25, -0.2) is 4.98 Å². The van der Waals surface area contributed by atoms with Gasteiger partial charge in [-0.15, -0.1) is 0 Å². The van der Waals surface area contributed by atoms with E-state index in [1.165, 1.54) is 34.9 Å². The van der Waals surface area contributed by atoms with Crippen LogP contribution in [0.2, 0.25) is 0 Å². The van der Waals surface area contributed by atoms with Crippen LogP contribution in [0.5, 0.6) is 0 Å². The molecule has 0 radical (unpaired) electrons. The molecule has 0 atom stereocenters. The Kier molecular flexibility index (Phi) is 17.0. The fraction of sp³-hybridized carbons (Fsp3) is 0.297. The van der Waals surface area contributed by atoms with Crippen molar-refractivity contribution in [1.82, 2.24) is 9.97 Å². The summed E-state index contributed by atoms with van der Waals surface area (Å²) in [6.07, 6.45) is 10.1. The van der Waals surface area contributed by atoms with Crippen molar-refractivity contribution in [2.45, 2.75) is 74.1 Å². The molecule has 0 amide bonds. The van der Waals surface area contributed by atoms with Gasteiger partial charge >= 0.3 is 0 Å². The van der Waals surface area contributed by atoms with Gasteiger partial charge in [-0.1, -0.05) is 138 Å². The molecule has 1 aromatic heterocycles. The summed E-state index contributed by atoms with van der Waals surface area (Å²) in [6.45, 7) is 22.6.